The molecule has 0 unspecified atom stereocenters. The second-order valence-corrected chi connectivity index (χ2v) is 4.58. The van der Waals surface area contributed by atoms with E-state index in [1.165, 1.54) is 26.4 Å². The summed E-state index contributed by atoms with van der Waals surface area (Å²) in [6.45, 7) is -0.299. The molecule has 0 amide bonds. The molecule has 0 aromatic heterocycles. The van der Waals surface area contributed by atoms with E-state index in [9.17, 15) is 9.59 Å². The molecule has 0 heterocycles. The molecule has 0 aliphatic rings. The summed E-state index contributed by atoms with van der Waals surface area (Å²) in [5, 5.41) is 9.09. The fourth-order valence-corrected chi connectivity index (χ4v) is 2.02. The number of hydrogen-bond acceptors (Lipinski definition) is 5. The number of carboxylic acids is 1. The maximum absolute atomic E-state index is 12.3. The van der Waals surface area contributed by atoms with Crippen molar-refractivity contribution in [3.05, 3.63) is 53.6 Å². The van der Waals surface area contributed by atoms with E-state index in [1.54, 1.807) is 30.3 Å². The molecule has 2 aromatic carbocycles. The van der Waals surface area contributed by atoms with Gasteiger partial charge >= 0.3 is 5.97 Å². The summed E-state index contributed by atoms with van der Waals surface area (Å²) in [4.78, 5) is 23.4. The molecule has 0 radical (unpaired) electrons. The summed E-state index contributed by atoms with van der Waals surface area (Å²) in [6.07, 6.45) is 0. The Hall–Kier alpha value is -3.02. The molecule has 0 aliphatic carbocycles. The number of benzene rings is 2. The second kappa shape index (κ2) is 7.31. The summed E-state index contributed by atoms with van der Waals surface area (Å²) >= 11 is 0. The van der Waals surface area contributed by atoms with Gasteiger partial charge in [-0.1, -0.05) is 12.1 Å². The molecular formula is C17H16O6. The molecule has 0 fully saturated rings. The Morgan fingerprint density at radius 1 is 0.957 bits per heavy atom. The van der Waals surface area contributed by atoms with E-state index in [4.69, 9.17) is 19.3 Å². The van der Waals surface area contributed by atoms with Crippen molar-refractivity contribution in [1.29, 1.82) is 0 Å². The van der Waals surface area contributed by atoms with Crippen LogP contribution in [0.15, 0.2) is 42.5 Å². The molecule has 0 saturated carbocycles. The van der Waals surface area contributed by atoms with Crippen LogP contribution in [-0.2, 0) is 0 Å². The minimum Gasteiger partial charge on any atom is -0.497 e. The first-order valence-electron chi connectivity index (χ1n) is 6.77. The third-order valence-corrected chi connectivity index (χ3v) is 3.19. The number of aromatic carboxylic acids is 1. The predicted molar refractivity (Wildman–Crippen MR) is 82.8 cm³/mol. The standard InChI is InChI=1S/C17H16O6/c1-21-11-7-8-12(16(9-11)22-2)14(18)10-23-15-6-4-3-5-13(15)17(19)20/h3-9H,10H2,1-2H3,(H,19,20). The van der Waals surface area contributed by atoms with Crippen LogP contribution in [0.4, 0.5) is 0 Å². The number of methoxy groups -OCH3 is 2. The average Bonchev–Trinajstić information content (AvgIpc) is 2.59. The molecule has 0 aliphatic heterocycles. The fraction of sp³-hybridized carbons (Fsp3) is 0.176. The largest absolute Gasteiger partial charge is 0.497 e. The van der Waals surface area contributed by atoms with E-state index in [0.717, 1.165) is 0 Å². The van der Waals surface area contributed by atoms with Crippen molar-refractivity contribution in [2.24, 2.45) is 0 Å². The number of carboxylic acid groups (broad SMARTS) is 1. The molecule has 2 rings (SSSR count). The molecule has 0 saturated heterocycles. The zero-order chi connectivity index (χ0) is 16.8. The second-order valence-electron chi connectivity index (χ2n) is 4.58. The molecule has 120 valence electrons. The van der Waals surface area contributed by atoms with Crippen molar-refractivity contribution in [1.82, 2.24) is 0 Å². The number of rotatable bonds is 7. The molecule has 6 heteroatoms. The van der Waals surface area contributed by atoms with E-state index < -0.39 is 5.97 Å². The normalized spacial score (nSPS) is 10.0. The highest BCUT2D eigenvalue weighted by Gasteiger charge is 2.16. The third kappa shape index (κ3) is 3.79. The monoisotopic (exact) mass is 316 g/mol. The lowest BCUT2D eigenvalue weighted by Gasteiger charge is -2.11. The number of hydrogen-bond donors (Lipinski definition) is 1. The molecule has 1 N–H and O–H groups in total. The smallest absolute Gasteiger partial charge is 0.339 e. The van der Waals surface area contributed by atoms with E-state index in [1.807, 2.05) is 0 Å². The number of para-hydroxylation sites is 1. The Morgan fingerprint density at radius 3 is 2.35 bits per heavy atom. The van der Waals surface area contributed by atoms with Gasteiger partial charge in [-0.05, 0) is 24.3 Å². The third-order valence-electron chi connectivity index (χ3n) is 3.19. The average molecular weight is 316 g/mol. The van der Waals surface area contributed by atoms with Gasteiger partial charge in [0, 0.05) is 6.07 Å². The van der Waals surface area contributed by atoms with E-state index >= 15 is 0 Å². The van der Waals surface area contributed by atoms with Gasteiger partial charge in [-0.2, -0.15) is 0 Å². The predicted octanol–water partition coefficient (Wildman–Crippen LogP) is 2.66. The van der Waals surface area contributed by atoms with E-state index in [-0.39, 0.29) is 23.7 Å². The van der Waals surface area contributed by atoms with Gasteiger partial charge in [-0.15, -0.1) is 0 Å². The summed E-state index contributed by atoms with van der Waals surface area (Å²) in [7, 11) is 2.97. The maximum Gasteiger partial charge on any atom is 0.339 e. The SMILES string of the molecule is COc1ccc(C(=O)COc2ccccc2C(=O)O)c(OC)c1. The number of carbonyl (C=O) groups excluding carboxylic acids is 1. The van der Waals surface area contributed by atoms with Crippen molar-refractivity contribution in [3.8, 4) is 17.2 Å². The minimum absolute atomic E-state index is 0.00185. The molecule has 0 atom stereocenters. The van der Waals surface area contributed by atoms with Crippen LogP contribution in [0.1, 0.15) is 20.7 Å². The Labute approximate surface area is 133 Å². The van der Waals surface area contributed by atoms with Crippen LogP contribution in [-0.4, -0.2) is 37.7 Å². The van der Waals surface area contributed by atoms with Crippen LogP contribution in [0, 0.1) is 0 Å². The lowest BCUT2D eigenvalue weighted by Crippen LogP contribution is -2.14. The van der Waals surface area contributed by atoms with Gasteiger partial charge in [0.05, 0.1) is 19.8 Å². The van der Waals surface area contributed by atoms with Gasteiger partial charge in [0.15, 0.2) is 6.61 Å². The number of ether oxygens (including phenoxy) is 3. The van der Waals surface area contributed by atoms with Crippen LogP contribution in [0.5, 0.6) is 17.2 Å². The van der Waals surface area contributed by atoms with Crippen molar-refractivity contribution >= 4 is 11.8 Å². The van der Waals surface area contributed by atoms with Crippen LogP contribution < -0.4 is 14.2 Å². The summed E-state index contributed by atoms with van der Waals surface area (Å²) in [6, 6.07) is 11.0. The maximum atomic E-state index is 12.3. The lowest BCUT2D eigenvalue weighted by atomic mass is 10.1. The van der Waals surface area contributed by atoms with Gasteiger partial charge < -0.3 is 19.3 Å². The summed E-state index contributed by atoms with van der Waals surface area (Å²) < 4.78 is 15.6. The minimum atomic E-state index is -1.12. The highest BCUT2D eigenvalue weighted by molar-refractivity contribution is 6.00. The summed E-state index contributed by atoms with van der Waals surface area (Å²) in [5.41, 5.74) is 0.336. The Bertz CT molecular complexity index is 723. The Kier molecular flexibility index (Phi) is 5.19. The molecule has 0 spiro atoms. The van der Waals surface area contributed by atoms with Gasteiger partial charge in [0.1, 0.15) is 22.8 Å². The van der Waals surface area contributed by atoms with E-state index in [2.05, 4.69) is 0 Å². The van der Waals surface area contributed by atoms with Gasteiger partial charge in [0.25, 0.3) is 0 Å². The quantitative estimate of drug-likeness (QED) is 0.791. The van der Waals surface area contributed by atoms with Gasteiger partial charge in [-0.25, -0.2) is 4.79 Å². The van der Waals surface area contributed by atoms with Gasteiger partial charge in [0.2, 0.25) is 5.78 Å². The Morgan fingerprint density at radius 2 is 1.70 bits per heavy atom. The summed E-state index contributed by atoms with van der Waals surface area (Å²) in [5.74, 6) is -0.374. The first-order chi connectivity index (χ1) is 11.1. The lowest BCUT2D eigenvalue weighted by molar-refractivity contribution is 0.0688. The molecule has 6 nitrogen and oxygen atoms in total. The van der Waals surface area contributed by atoms with Crippen LogP contribution >= 0.6 is 0 Å². The molecule has 2 aromatic rings. The van der Waals surface area contributed by atoms with Crippen LogP contribution in [0.3, 0.4) is 0 Å². The Balaban J connectivity index is 2.16. The molecule has 23 heavy (non-hydrogen) atoms. The zero-order valence-electron chi connectivity index (χ0n) is 12.7. The highest BCUT2D eigenvalue weighted by atomic mass is 16.5. The first-order valence-corrected chi connectivity index (χ1v) is 6.77. The van der Waals surface area contributed by atoms with Crippen molar-refractivity contribution in [3.63, 3.8) is 0 Å². The zero-order valence-corrected chi connectivity index (χ0v) is 12.7. The van der Waals surface area contributed by atoms with Gasteiger partial charge in [-0.3, -0.25) is 4.79 Å². The number of Topliss-reactive ketones (excluding diaryl/α,β-unsaturated/α-hetero) is 1. The first kappa shape index (κ1) is 16.4. The molecular weight excluding hydrogens is 300 g/mol. The van der Waals surface area contributed by atoms with Crippen LogP contribution in [0.25, 0.3) is 0 Å². The molecule has 0 bridgehead atoms. The van der Waals surface area contributed by atoms with Crippen molar-refractivity contribution in [2.45, 2.75) is 0 Å². The van der Waals surface area contributed by atoms with E-state index in [0.29, 0.717) is 17.1 Å². The van der Waals surface area contributed by atoms with Crippen molar-refractivity contribution < 1.29 is 28.9 Å². The highest BCUT2D eigenvalue weighted by Crippen LogP contribution is 2.25. The van der Waals surface area contributed by atoms with Crippen molar-refractivity contribution in [2.75, 3.05) is 20.8 Å². The number of carbonyl (C=O) groups is 2. The fourth-order valence-electron chi connectivity index (χ4n) is 2.02. The topological polar surface area (TPSA) is 82.1 Å². The van der Waals surface area contributed by atoms with Crippen LogP contribution in [0.2, 0.25) is 0 Å². The number of ketones is 1.